The van der Waals surface area contributed by atoms with Crippen molar-refractivity contribution in [2.45, 2.75) is 38.5 Å². The maximum atomic E-state index is 11.8. The average Bonchev–Trinajstić information content (AvgIpc) is 3.45. The first-order chi connectivity index (χ1) is 15.7. The molecule has 0 saturated heterocycles. The molecule has 1 unspecified atom stereocenters. The van der Waals surface area contributed by atoms with Gasteiger partial charge in [-0.2, -0.15) is 0 Å². The minimum absolute atomic E-state index is 0.283. The van der Waals surface area contributed by atoms with Gasteiger partial charge in [-0.25, -0.2) is 9.97 Å². The molecule has 32 heavy (non-hydrogen) atoms. The molecule has 5 rings (SSSR count). The molecule has 4 aromatic rings. The van der Waals surface area contributed by atoms with Gasteiger partial charge in [0.15, 0.2) is 0 Å². The fraction of sp³-hybridized carbons (Fsp3) is 0.320. The molecule has 1 atom stereocenters. The number of hydrogen-bond donors (Lipinski definition) is 2. The van der Waals surface area contributed by atoms with Crippen molar-refractivity contribution in [1.82, 2.24) is 15.0 Å². The third-order valence-electron chi connectivity index (χ3n) is 6.21. The first kappa shape index (κ1) is 21.2. The highest BCUT2D eigenvalue weighted by molar-refractivity contribution is 7.16. The van der Waals surface area contributed by atoms with Crippen molar-refractivity contribution in [1.29, 1.82) is 0 Å². The van der Waals surface area contributed by atoms with E-state index in [-0.39, 0.29) is 5.78 Å². The molecule has 0 spiro atoms. The monoisotopic (exact) mass is 464 g/mol. The molecule has 0 radical (unpaired) electrons. The summed E-state index contributed by atoms with van der Waals surface area (Å²) in [4.78, 5) is 24.2. The van der Waals surface area contributed by atoms with E-state index in [0.29, 0.717) is 24.6 Å². The van der Waals surface area contributed by atoms with Crippen LogP contribution in [0.1, 0.15) is 44.2 Å². The summed E-state index contributed by atoms with van der Waals surface area (Å²) >= 11 is 7.31. The Morgan fingerprint density at radius 1 is 1.22 bits per heavy atom. The van der Waals surface area contributed by atoms with Crippen LogP contribution in [0.4, 0.5) is 11.4 Å². The number of nitrogens with one attached hydrogen (secondary N) is 2. The molecule has 0 aliphatic heterocycles. The molecule has 1 aliphatic carbocycles. The van der Waals surface area contributed by atoms with Gasteiger partial charge in [-0.05, 0) is 67.5 Å². The standard InChI is InChI=1S/C25H25ClN4OS/c26-11-9-19(31)7-3-16-1-4-17(5-2-16)23-14-20-21(10-12-27-25(20)30-23)29-18-6-8-22-24(13-18)32-15-28-22/h4,6,8,10,12-16H,1-3,5,7,9,11H2,(H2,27,29,30). The number of benzene rings is 1. The van der Waals surface area contributed by atoms with Gasteiger partial charge < -0.3 is 10.3 Å². The number of alkyl halides is 1. The summed E-state index contributed by atoms with van der Waals surface area (Å²) < 4.78 is 1.17. The minimum Gasteiger partial charge on any atom is -0.355 e. The zero-order valence-electron chi connectivity index (χ0n) is 17.7. The van der Waals surface area contributed by atoms with Crippen LogP contribution in [0.25, 0.3) is 26.8 Å². The lowest BCUT2D eigenvalue weighted by atomic mass is 9.85. The third-order valence-corrected chi connectivity index (χ3v) is 7.19. The highest BCUT2D eigenvalue weighted by atomic mass is 35.5. The van der Waals surface area contributed by atoms with Crippen LogP contribution in [0.15, 0.2) is 48.1 Å². The second-order valence-electron chi connectivity index (χ2n) is 8.35. The SMILES string of the molecule is O=C(CCCl)CCC1CC=C(c2cc3c(Nc4ccc5ncsc5c4)ccnc3[nH]2)CC1. The number of hydrogen-bond acceptors (Lipinski definition) is 5. The van der Waals surface area contributed by atoms with Crippen LogP contribution in [-0.2, 0) is 4.79 Å². The van der Waals surface area contributed by atoms with Crippen molar-refractivity contribution in [2.24, 2.45) is 5.92 Å². The summed E-state index contributed by atoms with van der Waals surface area (Å²) in [5, 5.41) is 4.63. The van der Waals surface area contributed by atoms with Gasteiger partial charge in [0.1, 0.15) is 11.4 Å². The van der Waals surface area contributed by atoms with Crippen LogP contribution >= 0.6 is 22.9 Å². The molecule has 0 amide bonds. The van der Waals surface area contributed by atoms with Crippen molar-refractivity contribution < 1.29 is 4.79 Å². The first-order valence-electron chi connectivity index (χ1n) is 11.0. The number of carbonyl (C=O) groups is 1. The Morgan fingerprint density at radius 2 is 2.16 bits per heavy atom. The summed E-state index contributed by atoms with van der Waals surface area (Å²) in [6.45, 7) is 0. The van der Waals surface area contributed by atoms with Gasteiger partial charge in [-0.15, -0.1) is 22.9 Å². The van der Waals surface area contributed by atoms with Crippen LogP contribution in [0.3, 0.4) is 0 Å². The first-order valence-corrected chi connectivity index (χ1v) is 12.5. The molecule has 0 fully saturated rings. The van der Waals surface area contributed by atoms with E-state index in [1.54, 1.807) is 11.3 Å². The van der Waals surface area contributed by atoms with Crippen molar-refractivity contribution >= 4 is 66.9 Å². The number of aromatic nitrogens is 3. The fourth-order valence-corrected chi connectivity index (χ4v) is 5.32. The minimum atomic E-state index is 0.283. The van der Waals surface area contributed by atoms with E-state index in [1.165, 1.54) is 10.3 Å². The van der Waals surface area contributed by atoms with E-state index in [2.05, 4.69) is 44.5 Å². The highest BCUT2D eigenvalue weighted by Crippen LogP contribution is 2.35. The number of anilines is 2. The number of thiazole rings is 1. The lowest BCUT2D eigenvalue weighted by Gasteiger charge is -2.21. The van der Waals surface area contributed by atoms with E-state index in [9.17, 15) is 4.79 Å². The van der Waals surface area contributed by atoms with Gasteiger partial charge in [0, 0.05) is 41.7 Å². The number of rotatable bonds is 8. The summed E-state index contributed by atoms with van der Waals surface area (Å²) in [6, 6.07) is 10.5. The molecule has 7 heteroatoms. The average molecular weight is 465 g/mol. The van der Waals surface area contributed by atoms with E-state index >= 15 is 0 Å². The third kappa shape index (κ3) is 4.57. The smallest absolute Gasteiger partial charge is 0.139 e. The van der Waals surface area contributed by atoms with Gasteiger partial charge >= 0.3 is 0 Å². The zero-order valence-corrected chi connectivity index (χ0v) is 19.3. The molecule has 164 valence electrons. The van der Waals surface area contributed by atoms with Crippen LogP contribution in [0, 0.1) is 5.92 Å². The Balaban J connectivity index is 1.31. The molecule has 3 aromatic heterocycles. The van der Waals surface area contributed by atoms with Gasteiger partial charge in [0.25, 0.3) is 0 Å². The topological polar surface area (TPSA) is 70.7 Å². The van der Waals surface area contributed by atoms with Crippen LogP contribution in [0.5, 0.6) is 0 Å². The van der Waals surface area contributed by atoms with Crippen molar-refractivity contribution in [3.63, 3.8) is 0 Å². The maximum absolute atomic E-state index is 11.8. The molecule has 3 heterocycles. The van der Waals surface area contributed by atoms with Gasteiger partial charge in [-0.3, -0.25) is 4.79 Å². The molecular formula is C25H25ClN4OS. The summed E-state index contributed by atoms with van der Waals surface area (Å²) in [6.07, 6.45) is 9.42. The number of aromatic amines is 1. The van der Waals surface area contributed by atoms with Crippen LogP contribution in [-0.4, -0.2) is 26.6 Å². The van der Waals surface area contributed by atoms with E-state index in [1.807, 2.05) is 23.8 Å². The number of ketones is 1. The van der Waals surface area contributed by atoms with Crippen LogP contribution in [0.2, 0.25) is 0 Å². The van der Waals surface area contributed by atoms with Crippen molar-refractivity contribution in [3.8, 4) is 0 Å². The summed E-state index contributed by atoms with van der Waals surface area (Å²) in [5.74, 6) is 1.30. The molecular weight excluding hydrogens is 440 g/mol. The number of Topliss-reactive ketones (excluding diaryl/α,β-unsaturated/α-hetero) is 1. The fourth-order valence-electron chi connectivity index (χ4n) is 4.39. The Morgan fingerprint density at radius 3 is 3.00 bits per heavy atom. The predicted octanol–water partition coefficient (Wildman–Crippen LogP) is 7.08. The van der Waals surface area contributed by atoms with Gasteiger partial charge in [0.05, 0.1) is 21.4 Å². The quantitative estimate of drug-likeness (QED) is 0.273. The molecule has 1 aromatic carbocycles. The Bertz CT molecular complexity index is 1290. The maximum Gasteiger partial charge on any atom is 0.139 e. The highest BCUT2D eigenvalue weighted by Gasteiger charge is 2.18. The van der Waals surface area contributed by atoms with Crippen LogP contribution < -0.4 is 5.32 Å². The number of nitrogens with zero attached hydrogens (tertiary/aromatic N) is 2. The number of pyridine rings is 1. The van der Waals surface area contributed by atoms with Crippen molar-refractivity contribution in [3.05, 3.63) is 53.8 Å². The second-order valence-corrected chi connectivity index (χ2v) is 9.61. The van der Waals surface area contributed by atoms with E-state index < -0.39 is 0 Å². The number of fused-ring (bicyclic) bond motifs is 2. The number of allylic oxidation sites excluding steroid dienone is 2. The number of H-pyrrole nitrogens is 1. The molecule has 5 nitrogen and oxygen atoms in total. The number of carbonyl (C=O) groups excluding carboxylic acids is 1. The largest absolute Gasteiger partial charge is 0.355 e. The lowest BCUT2D eigenvalue weighted by Crippen LogP contribution is -2.09. The predicted molar refractivity (Wildman–Crippen MR) is 134 cm³/mol. The molecule has 1 aliphatic rings. The molecule has 0 bridgehead atoms. The van der Waals surface area contributed by atoms with Gasteiger partial charge in [-0.1, -0.05) is 6.08 Å². The summed E-state index contributed by atoms with van der Waals surface area (Å²) in [7, 11) is 0. The second kappa shape index (κ2) is 9.43. The lowest BCUT2D eigenvalue weighted by molar-refractivity contribution is -0.119. The zero-order chi connectivity index (χ0) is 21.9. The molecule has 0 saturated carbocycles. The van der Waals surface area contributed by atoms with E-state index in [0.717, 1.165) is 59.3 Å². The Labute approximate surface area is 195 Å². The molecule has 2 N–H and O–H groups in total. The number of halogens is 1. The van der Waals surface area contributed by atoms with Gasteiger partial charge in [0.2, 0.25) is 0 Å². The Hall–Kier alpha value is -2.70. The summed E-state index contributed by atoms with van der Waals surface area (Å²) in [5.41, 5.74) is 8.33. The Kier molecular flexibility index (Phi) is 6.23. The normalized spacial score (nSPS) is 16.4. The van der Waals surface area contributed by atoms with E-state index in [4.69, 9.17) is 11.6 Å². The van der Waals surface area contributed by atoms with Crippen molar-refractivity contribution in [2.75, 3.05) is 11.2 Å².